The van der Waals surface area contributed by atoms with Crippen molar-refractivity contribution in [3.8, 4) is 0 Å². The number of carbonyl (C=O) groups is 1. The third-order valence-corrected chi connectivity index (χ3v) is 6.83. The van der Waals surface area contributed by atoms with E-state index in [9.17, 15) is 4.79 Å². The first-order chi connectivity index (χ1) is 19.6. The van der Waals surface area contributed by atoms with Crippen molar-refractivity contribution in [2.45, 2.75) is 6.42 Å². The summed E-state index contributed by atoms with van der Waals surface area (Å²) in [7, 11) is 1.99. The zero-order valence-electron chi connectivity index (χ0n) is 22.0. The van der Waals surface area contributed by atoms with Crippen LogP contribution in [0.3, 0.4) is 0 Å². The lowest BCUT2D eigenvalue weighted by Gasteiger charge is -2.20. The number of rotatable bonds is 8. The number of hydrogen-bond donors (Lipinski definition) is 2. The van der Waals surface area contributed by atoms with E-state index in [1.165, 1.54) is 5.56 Å². The minimum absolute atomic E-state index is 0.143. The number of amides is 1. The zero-order chi connectivity index (χ0) is 27.3. The highest BCUT2D eigenvalue weighted by atomic mass is 16.7. The monoisotopic (exact) mass is 528 g/mol. The van der Waals surface area contributed by atoms with Gasteiger partial charge >= 0.3 is 0 Å². The predicted octanol–water partition coefficient (Wildman–Crippen LogP) is 7.05. The van der Waals surface area contributed by atoms with E-state index in [4.69, 9.17) is 9.47 Å². The summed E-state index contributed by atoms with van der Waals surface area (Å²) in [5.41, 5.74) is 7.19. The number of allylic oxidation sites excluding steroid dienone is 1. The average molecular weight is 529 g/mol. The number of anilines is 3. The lowest BCUT2D eigenvalue weighted by Crippen LogP contribution is -2.13. The molecule has 0 atom stereocenters. The van der Waals surface area contributed by atoms with Gasteiger partial charge in [0.2, 0.25) is 6.79 Å². The summed E-state index contributed by atoms with van der Waals surface area (Å²) < 4.78 is 11.0. The van der Waals surface area contributed by atoms with Crippen molar-refractivity contribution in [2.24, 2.45) is 0 Å². The Morgan fingerprint density at radius 2 is 1.73 bits per heavy atom. The van der Waals surface area contributed by atoms with Gasteiger partial charge in [0.25, 0.3) is 5.91 Å². The maximum absolute atomic E-state index is 12.6. The van der Waals surface area contributed by atoms with Gasteiger partial charge in [-0.1, -0.05) is 54.6 Å². The van der Waals surface area contributed by atoms with Crippen LogP contribution in [-0.2, 0) is 15.9 Å². The molecule has 2 heterocycles. The Hall–Kier alpha value is -5.30. The number of nitrogens with zero attached hydrogens (tertiary/aromatic N) is 2. The van der Waals surface area contributed by atoms with Gasteiger partial charge in [-0.05, 0) is 60.2 Å². The average Bonchev–Trinajstić information content (AvgIpc) is 3.68. The topological polar surface area (TPSA) is 79.5 Å². The Balaban J connectivity index is 1.24. The molecule has 1 aliphatic rings. The largest absolute Gasteiger partial charge is 0.461 e. The fourth-order valence-electron chi connectivity index (χ4n) is 4.68. The van der Waals surface area contributed by atoms with Gasteiger partial charge in [-0.3, -0.25) is 9.89 Å². The Kier molecular flexibility index (Phi) is 7.01. The molecular formula is C33H28N4O3. The fraction of sp³-hybridized carbons (Fsp3) is 0.0909. The molecule has 0 spiro atoms. The second-order valence-electron chi connectivity index (χ2n) is 9.51. The van der Waals surface area contributed by atoms with Crippen molar-refractivity contribution >= 4 is 39.9 Å². The molecule has 0 unspecified atom stereocenters. The number of aromatic nitrogens is 2. The SMILES string of the molecule is CN(c1cccc(NC(=O)c2ccccc2)c1)c1ccc2c(C=C(Cc3ccccc3)C3=COCO3)[nH]nc2c1. The van der Waals surface area contributed by atoms with Crippen LogP contribution in [0.15, 0.2) is 121 Å². The number of H-pyrrole nitrogens is 1. The Morgan fingerprint density at radius 1 is 0.950 bits per heavy atom. The molecule has 7 nitrogen and oxygen atoms in total. The summed E-state index contributed by atoms with van der Waals surface area (Å²) in [6, 6.07) is 33.4. The Bertz CT molecular complexity index is 1710. The molecule has 0 saturated carbocycles. The molecule has 0 saturated heterocycles. The van der Waals surface area contributed by atoms with E-state index < -0.39 is 0 Å². The molecule has 1 amide bonds. The lowest BCUT2D eigenvalue weighted by molar-refractivity contribution is 0.0830. The predicted molar refractivity (Wildman–Crippen MR) is 158 cm³/mol. The molecule has 1 aliphatic heterocycles. The number of benzene rings is 4. The molecule has 6 rings (SSSR count). The fourth-order valence-corrected chi connectivity index (χ4v) is 4.68. The van der Waals surface area contributed by atoms with Crippen LogP contribution in [0.2, 0.25) is 0 Å². The van der Waals surface area contributed by atoms with Gasteiger partial charge in [-0.2, -0.15) is 5.10 Å². The Morgan fingerprint density at radius 3 is 2.50 bits per heavy atom. The van der Waals surface area contributed by atoms with Crippen molar-refractivity contribution in [2.75, 3.05) is 24.1 Å². The van der Waals surface area contributed by atoms with Crippen LogP contribution in [0.5, 0.6) is 0 Å². The van der Waals surface area contributed by atoms with Crippen molar-refractivity contribution < 1.29 is 14.3 Å². The van der Waals surface area contributed by atoms with E-state index in [2.05, 4.69) is 50.8 Å². The van der Waals surface area contributed by atoms with Gasteiger partial charge < -0.3 is 19.7 Å². The quantitative estimate of drug-likeness (QED) is 0.226. The number of fused-ring (bicyclic) bond motifs is 1. The van der Waals surface area contributed by atoms with Crippen molar-refractivity contribution in [1.82, 2.24) is 10.2 Å². The summed E-state index contributed by atoms with van der Waals surface area (Å²) in [5.74, 6) is 0.582. The maximum Gasteiger partial charge on any atom is 0.255 e. The number of nitrogens with one attached hydrogen (secondary N) is 2. The van der Waals surface area contributed by atoms with Crippen molar-refractivity contribution in [3.63, 3.8) is 0 Å². The summed E-state index contributed by atoms with van der Waals surface area (Å²) in [6.45, 7) is 0.220. The molecule has 40 heavy (non-hydrogen) atoms. The van der Waals surface area contributed by atoms with Crippen LogP contribution in [0.25, 0.3) is 17.0 Å². The van der Waals surface area contributed by atoms with Crippen LogP contribution >= 0.6 is 0 Å². The van der Waals surface area contributed by atoms with E-state index in [0.29, 0.717) is 12.0 Å². The first-order valence-electron chi connectivity index (χ1n) is 13.0. The molecule has 0 aliphatic carbocycles. The van der Waals surface area contributed by atoms with Crippen molar-refractivity contribution in [1.29, 1.82) is 0 Å². The van der Waals surface area contributed by atoms with Crippen LogP contribution in [0, 0.1) is 0 Å². The molecule has 5 aromatic rings. The van der Waals surface area contributed by atoms with Gasteiger partial charge in [0, 0.05) is 47.1 Å². The second-order valence-corrected chi connectivity index (χ2v) is 9.51. The van der Waals surface area contributed by atoms with Crippen LogP contribution in [0.1, 0.15) is 21.6 Å². The zero-order valence-corrected chi connectivity index (χ0v) is 22.0. The van der Waals surface area contributed by atoms with Crippen LogP contribution < -0.4 is 10.2 Å². The standard InChI is InChI=1S/C33H28N4O3/c1-37(27-14-8-13-26(19-27)34-33(38)24-11-6-3-7-12-24)28-15-16-29-30(35-36-31(29)20-28)18-25(32-21-39-22-40-32)17-23-9-4-2-5-10-23/h2-16,18-21H,17,22H2,1H3,(H,34,38)(H,35,36). The highest BCUT2D eigenvalue weighted by Gasteiger charge is 2.16. The molecule has 0 bridgehead atoms. The van der Waals surface area contributed by atoms with E-state index in [1.54, 1.807) is 18.4 Å². The molecule has 198 valence electrons. The molecule has 4 aromatic carbocycles. The maximum atomic E-state index is 12.6. The van der Waals surface area contributed by atoms with Gasteiger partial charge in [-0.25, -0.2) is 0 Å². The molecule has 0 fully saturated rings. The number of aromatic amines is 1. The van der Waals surface area contributed by atoms with E-state index in [1.807, 2.05) is 73.8 Å². The summed E-state index contributed by atoms with van der Waals surface area (Å²) in [6.07, 6.45) is 4.44. The lowest BCUT2D eigenvalue weighted by atomic mass is 10.0. The van der Waals surface area contributed by atoms with Gasteiger partial charge in [-0.15, -0.1) is 0 Å². The summed E-state index contributed by atoms with van der Waals surface area (Å²) >= 11 is 0. The number of carbonyl (C=O) groups excluding carboxylic acids is 1. The van der Waals surface area contributed by atoms with Gasteiger partial charge in [0.1, 0.15) is 6.26 Å². The van der Waals surface area contributed by atoms with Crippen LogP contribution in [0.4, 0.5) is 17.1 Å². The number of ether oxygens (including phenoxy) is 2. The van der Waals surface area contributed by atoms with E-state index in [-0.39, 0.29) is 12.7 Å². The molecule has 7 heteroatoms. The third kappa shape index (κ3) is 5.44. The molecule has 2 N–H and O–H groups in total. The van der Waals surface area contributed by atoms with E-state index in [0.717, 1.165) is 45.0 Å². The summed E-state index contributed by atoms with van der Waals surface area (Å²) in [5, 5.41) is 11.8. The third-order valence-electron chi connectivity index (χ3n) is 6.83. The number of hydrogen-bond acceptors (Lipinski definition) is 5. The smallest absolute Gasteiger partial charge is 0.255 e. The molecule has 1 aromatic heterocycles. The second kappa shape index (κ2) is 11.2. The minimum atomic E-state index is -0.143. The minimum Gasteiger partial charge on any atom is -0.461 e. The van der Waals surface area contributed by atoms with Gasteiger partial charge in [0.05, 0.1) is 11.2 Å². The first-order valence-corrected chi connectivity index (χ1v) is 13.0. The van der Waals surface area contributed by atoms with Crippen molar-refractivity contribution in [3.05, 3.63) is 138 Å². The Labute approximate surface area is 232 Å². The summed E-state index contributed by atoms with van der Waals surface area (Å²) in [4.78, 5) is 14.7. The molecular weight excluding hydrogens is 500 g/mol. The highest BCUT2D eigenvalue weighted by molar-refractivity contribution is 6.04. The van der Waals surface area contributed by atoms with Gasteiger partial charge in [0.15, 0.2) is 5.76 Å². The first kappa shape index (κ1) is 25.0. The van der Waals surface area contributed by atoms with Crippen LogP contribution in [-0.4, -0.2) is 29.9 Å². The highest BCUT2D eigenvalue weighted by Crippen LogP contribution is 2.31. The van der Waals surface area contributed by atoms with E-state index >= 15 is 0 Å². The molecule has 0 radical (unpaired) electrons. The normalized spacial score (nSPS) is 12.9.